The number of nitrogens with one attached hydrogen (secondary N) is 2. The zero-order valence-electron chi connectivity index (χ0n) is 11.9. The van der Waals surface area contributed by atoms with Crippen LogP contribution in [0.25, 0.3) is 0 Å². The van der Waals surface area contributed by atoms with E-state index in [1.807, 2.05) is 16.7 Å². The molecule has 2 heterocycles. The van der Waals surface area contributed by atoms with Gasteiger partial charge in [-0.2, -0.15) is 0 Å². The summed E-state index contributed by atoms with van der Waals surface area (Å²) >= 11 is 1.84. The van der Waals surface area contributed by atoms with Crippen molar-refractivity contribution in [3.05, 3.63) is 0 Å². The van der Waals surface area contributed by atoms with Crippen LogP contribution < -0.4 is 10.6 Å². The normalized spacial score (nSPS) is 29.8. The van der Waals surface area contributed by atoms with Gasteiger partial charge in [0.15, 0.2) is 0 Å². The van der Waals surface area contributed by atoms with E-state index in [2.05, 4.69) is 24.5 Å². The Labute approximate surface area is 118 Å². The van der Waals surface area contributed by atoms with Crippen molar-refractivity contribution in [2.24, 2.45) is 5.41 Å². The van der Waals surface area contributed by atoms with E-state index in [0.717, 1.165) is 25.1 Å². The molecule has 0 aromatic heterocycles. The van der Waals surface area contributed by atoms with Crippen LogP contribution in [0.4, 0.5) is 0 Å². The second kappa shape index (κ2) is 5.71. The molecule has 0 unspecified atom stereocenters. The largest absolute Gasteiger partial charge is 0.343 e. The predicted octanol–water partition coefficient (Wildman–Crippen LogP) is 0.412. The molecule has 0 spiro atoms. The molecule has 0 aromatic rings. The van der Waals surface area contributed by atoms with Gasteiger partial charge in [0.05, 0.1) is 11.9 Å². The molecular weight excluding hydrogens is 262 g/mol. The van der Waals surface area contributed by atoms with Gasteiger partial charge < -0.3 is 15.5 Å². The Balaban J connectivity index is 2.03. The molecule has 0 aromatic carbocycles. The van der Waals surface area contributed by atoms with Gasteiger partial charge in [0.25, 0.3) is 0 Å². The zero-order chi connectivity index (χ0) is 14.0. The number of fused-ring (bicyclic) bond motifs is 1. The molecule has 0 bridgehead atoms. The van der Waals surface area contributed by atoms with Crippen LogP contribution in [0.2, 0.25) is 0 Å². The van der Waals surface area contributed by atoms with Crippen molar-refractivity contribution in [2.45, 2.75) is 38.1 Å². The smallest absolute Gasteiger partial charge is 0.246 e. The van der Waals surface area contributed by atoms with Gasteiger partial charge in [0, 0.05) is 6.54 Å². The summed E-state index contributed by atoms with van der Waals surface area (Å²) < 4.78 is 0. The monoisotopic (exact) mass is 285 g/mol. The van der Waals surface area contributed by atoms with Gasteiger partial charge in [-0.3, -0.25) is 9.59 Å². The molecule has 19 heavy (non-hydrogen) atoms. The highest BCUT2D eigenvalue weighted by molar-refractivity contribution is 7.99. The minimum Gasteiger partial charge on any atom is -0.343 e. The average molecular weight is 285 g/mol. The highest BCUT2D eigenvalue weighted by Crippen LogP contribution is 2.41. The van der Waals surface area contributed by atoms with Crippen LogP contribution in [0.1, 0.15) is 26.7 Å². The van der Waals surface area contributed by atoms with Crippen LogP contribution in [0, 0.1) is 5.41 Å². The van der Waals surface area contributed by atoms with Gasteiger partial charge in [0.2, 0.25) is 11.8 Å². The molecule has 2 rings (SSSR count). The van der Waals surface area contributed by atoms with Crippen LogP contribution in [0.5, 0.6) is 0 Å². The van der Waals surface area contributed by atoms with Crippen molar-refractivity contribution in [1.82, 2.24) is 15.5 Å². The van der Waals surface area contributed by atoms with E-state index in [-0.39, 0.29) is 35.2 Å². The Morgan fingerprint density at radius 3 is 2.95 bits per heavy atom. The standard InChI is InChI=1S/C13H23N3O2S/c1-13(2)6-11-16(8-13)12(18)9(4-5-19-11)15-10(17)7-14-3/h9,11,14H,4-8H2,1-3H3,(H,15,17)/t9-,11+/m1/s1. The molecule has 2 aliphatic heterocycles. The van der Waals surface area contributed by atoms with Crippen LogP contribution in [-0.2, 0) is 9.59 Å². The van der Waals surface area contributed by atoms with E-state index >= 15 is 0 Å². The fourth-order valence-corrected chi connectivity index (χ4v) is 4.34. The summed E-state index contributed by atoms with van der Waals surface area (Å²) in [5.41, 5.74) is 0.185. The van der Waals surface area contributed by atoms with Gasteiger partial charge >= 0.3 is 0 Å². The van der Waals surface area contributed by atoms with Crippen molar-refractivity contribution in [3.63, 3.8) is 0 Å². The summed E-state index contributed by atoms with van der Waals surface area (Å²) in [5.74, 6) is 0.904. The molecule has 2 N–H and O–H groups in total. The summed E-state index contributed by atoms with van der Waals surface area (Å²) in [4.78, 5) is 26.1. The first-order chi connectivity index (χ1) is 8.93. The third-order valence-electron chi connectivity index (χ3n) is 3.64. The van der Waals surface area contributed by atoms with Gasteiger partial charge in [-0.25, -0.2) is 0 Å². The molecule has 2 atom stereocenters. The van der Waals surface area contributed by atoms with Gasteiger partial charge in [-0.05, 0) is 31.1 Å². The molecule has 0 aliphatic carbocycles. The summed E-state index contributed by atoms with van der Waals surface area (Å²) in [6.45, 7) is 5.45. The molecule has 0 saturated carbocycles. The minimum atomic E-state index is -0.354. The minimum absolute atomic E-state index is 0.0880. The van der Waals surface area contributed by atoms with Crippen molar-refractivity contribution in [1.29, 1.82) is 0 Å². The summed E-state index contributed by atoms with van der Waals surface area (Å²) in [6, 6.07) is -0.354. The van der Waals surface area contributed by atoms with E-state index in [1.54, 1.807) is 7.05 Å². The van der Waals surface area contributed by atoms with E-state index in [4.69, 9.17) is 0 Å². The number of likely N-dealkylation sites (N-methyl/N-ethyl adjacent to an activating group) is 1. The van der Waals surface area contributed by atoms with Crippen LogP contribution in [0.15, 0.2) is 0 Å². The molecule has 2 aliphatic rings. The number of nitrogens with zero attached hydrogens (tertiary/aromatic N) is 1. The molecule has 108 valence electrons. The SMILES string of the molecule is CNCC(=O)N[C@@H]1CCS[C@H]2CC(C)(C)CN2C1=O. The molecule has 6 heteroatoms. The maximum absolute atomic E-state index is 12.5. The van der Waals surface area contributed by atoms with Crippen molar-refractivity contribution in [2.75, 3.05) is 25.9 Å². The molecule has 2 fully saturated rings. The molecule has 0 radical (unpaired) electrons. The maximum atomic E-state index is 12.5. The third-order valence-corrected chi connectivity index (χ3v) is 4.92. The Morgan fingerprint density at radius 2 is 2.26 bits per heavy atom. The summed E-state index contributed by atoms with van der Waals surface area (Å²) in [5, 5.41) is 5.93. The van der Waals surface area contributed by atoms with Crippen molar-refractivity contribution < 1.29 is 9.59 Å². The van der Waals surface area contributed by atoms with Crippen molar-refractivity contribution >= 4 is 23.6 Å². The van der Waals surface area contributed by atoms with E-state index in [1.165, 1.54) is 0 Å². The van der Waals surface area contributed by atoms with E-state index < -0.39 is 0 Å². The quantitative estimate of drug-likeness (QED) is 0.788. The number of rotatable bonds is 3. The lowest BCUT2D eigenvalue weighted by Gasteiger charge is -2.25. The first kappa shape index (κ1) is 14.7. The van der Waals surface area contributed by atoms with Crippen LogP contribution in [0.3, 0.4) is 0 Å². The molecule has 2 saturated heterocycles. The van der Waals surface area contributed by atoms with Crippen LogP contribution >= 0.6 is 11.8 Å². The Morgan fingerprint density at radius 1 is 1.53 bits per heavy atom. The molecule has 2 amide bonds. The highest BCUT2D eigenvalue weighted by atomic mass is 32.2. The van der Waals surface area contributed by atoms with Crippen molar-refractivity contribution in [3.8, 4) is 0 Å². The fourth-order valence-electron chi connectivity index (χ4n) is 2.76. The van der Waals surface area contributed by atoms with Gasteiger partial charge in [0.1, 0.15) is 6.04 Å². The first-order valence-corrected chi connectivity index (χ1v) is 7.84. The number of thioether (sulfide) groups is 1. The lowest BCUT2D eigenvalue weighted by atomic mass is 9.93. The first-order valence-electron chi connectivity index (χ1n) is 6.79. The third kappa shape index (κ3) is 3.42. The fraction of sp³-hybridized carbons (Fsp3) is 0.846. The average Bonchev–Trinajstić information content (AvgIpc) is 2.56. The topological polar surface area (TPSA) is 61.4 Å². The Hall–Kier alpha value is -0.750. The zero-order valence-corrected chi connectivity index (χ0v) is 12.7. The number of carbonyl (C=O) groups is 2. The Bertz CT molecular complexity index is 373. The van der Waals surface area contributed by atoms with Gasteiger partial charge in [-0.15, -0.1) is 11.8 Å². The number of hydrogen-bond acceptors (Lipinski definition) is 4. The van der Waals surface area contributed by atoms with Crippen LogP contribution in [-0.4, -0.2) is 54.0 Å². The van der Waals surface area contributed by atoms with Gasteiger partial charge in [-0.1, -0.05) is 13.8 Å². The second-order valence-corrected chi connectivity index (χ2v) is 7.38. The lowest BCUT2D eigenvalue weighted by molar-refractivity contribution is -0.136. The lowest BCUT2D eigenvalue weighted by Crippen LogP contribution is -2.50. The highest BCUT2D eigenvalue weighted by Gasteiger charge is 2.43. The number of carbonyl (C=O) groups excluding carboxylic acids is 2. The second-order valence-electron chi connectivity index (χ2n) is 6.10. The Kier molecular flexibility index (Phi) is 4.40. The molecule has 5 nitrogen and oxygen atoms in total. The predicted molar refractivity (Wildman–Crippen MR) is 76.8 cm³/mol. The van der Waals surface area contributed by atoms with E-state index in [9.17, 15) is 9.59 Å². The number of hydrogen-bond donors (Lipinski definition) is 2. The van der Waals surface area contributed by atoms with E-state index in [0.29, 0.717) is 0 Å². The molecular formula is C13H23N3O2S. The maximum Gasteiger partial charge on any atom is 0.246 e. The number of amides is 2. The summed E-state index contributed by atoms with van der Waals surface area (Å²) in [7, 11) is 1.73. The summed E-state index contributed by atoms with van der Waals surface area (Å²) in [6.07, 6.45) is 1.77.